The number of likely N-dealkylation sites (tertiary alicyclic amines) is 2. The highest BCUT2D eigenvalue weighted by Gasteiger charge is 2.56. The Labute approximate surface area is 342 Å². The molecule has 7 rings (SSSR count). The highest BCUT2D eigenvalue weighted by molar-refractivity contribution is 6.76. The summed E-state index contributed by atoms with van der Waals surface area (Å²) in [4.78, 5) is 52.0. The van der Waals surface area contributed by atoms with E-state index in [-0.39, 0.29) is 18.9 Å². The molecule has 3 aromatic heterocycles. The molecule has 13 nitrogen and oxygen atoms in total. The van der Waals surface area contributed by atoms with Crippen molar-refractivity contribution in [3.05, 3.63) is 72.7 Å². The molecular weight excluding hydrogens is 749 g/mol. The van der Waals surface area contributed by atoms with Crippen molar-refractivity contribution in [2.45, 2.75) is 117 Å². The van der Waals surface area contributed by atoms with Crippen LogP contribution in [0.2, 0.25) is 25.7 Å². The first-order valence-corrected chi connectivity index (χ1v) is 24.1. The van der Waals surface area contributed by atoms with Gasteiger partial charge in [0.05, 0.1) is 47.1 Å². The number of amides is 2. The van der Waals surface area contributed by atoms with E-state index < -0.39 is 30.7 Å². The number of nitrogens with zero attached hydrogens (tertiary/aromatic N) is 7. The van der Waals surface area contributed by atoms with Gasteiger partial charge >= 0.3 is 12.2 Å². The smallest absolute Gasteiger partial charge is 0.410 e. The monoisotopic (exact) mass is 806 g/mol. The average Bonchev–Trinajstić information content (AvgIpc) is 3.97. The van der Waals surface area contributed by atoms with E-state index in [9.17, 15) is 14.7 Å². The van der Waals surface area contributed by atoms with Crippen LogP contribution in [-0.2, 0) is 21.7 Å². The standard InChI is InChI=1S/C44H58N8O5Si/c1-42(2,3)44(19-11-21-52(44)40(53)54)39-47-27-37(51(39)28-56-22-23-58(7,8)9)35-26-45-33-24-31(17-18-32(33)48-35)29-13-15-30(16-14-29)34-25-46-38(49-34)36-12-10-20-50(36)41(55)57-43(4,5)6/h13-18,24-27,36H,10-12,19-23,28H2,1-9H3,(H,46,49)(H,53,54)/t36-,44+/m0/s1. The Bertz CT molecular complexity index is 2280. The lowest BCUT2D eigenvalue weighted by atomic mass is 9.71. The van der Waals surface area contributed by atoms with Crippen molar-refractivity contribution in [2.24, 2.45) is 5.41 Å². The SMILES string of the molecule is CC(C)(C)OC(=O)N1CCC[C@H]1c1ncc(-c2ccc(-c3ccc4nc(-c5cnc([C@@]6(C(C)(C)C)CCCN6C(=O)O)n5COCC[Si](C)(C)C)cnc4c3)cc2)[nH]1. The molecule has 308 valence electrons. The molecule has 2 amide bonds. The van der Waals surface area contributed by atoms with Gasteiger partial charge in [-0.25, -0.2) is 24.5 Å². The zero-order valence-electron chi connectivity index (χ0n) is 35.4. The summed E-state index contributed by atoms with van der Waals surface area (Å²) in [7, 11) is -1.34. The normalized spacial score (nSPS) is 19.0. The van der Waals surface area contributed by atoms with Crippen LogP contribution in [0.15, 0.2) is 61.1 Å². The predicted octanol–water partition coefficient (Wildman–Crippen LogP) is 9.95. The number of benzene rings is 2. The number of imidazole rings is 2. The average molecular weight is 807 g/mol. The third kappa shape index (κ3) is 8.26. The van der Waals surface area contributed by atoms with E-state index in [4.69, 9.17) is 24.4 Å². The van der Waals surface area contributed by atoms with Crippen molar-refractivity contribution in [3.8, 4) is 33.8 Å². The van der Waals surface area contributed by atoms with Gasteiger partial charge in [-0.1, -0.05) is 70.7 Å². The third-order valence-corrected chi connectivity index (χ3v) is 13.1. The molecule has 2 aromatic carbocycles. The molecule has 2 atom stereocenters. The van der Waals surface area contributed by atoms with Gasteiger partial charge in [0.1, 0.15) is 35.2 Å². The minimum absolute atomic E-state index is 0.146. The van der Waals surface area contributed by atoms with Crippen LogP contribution in [0.25, 0.3) is 44.8 Å². The van der Waals surface area contributed by atoms with Crippen molar-refractivity contribution in [1.82, 2.24) is 39.3 Å². The summed E-state index contributed by atoms with van der Waals surface area (Å²) in [6.07, 6.45) is 7.29. The number of H-pyrrole nitrogens is 1. The number of carbonyl (C=O) groups is 2. The molecule has 14 heteroatoms. The fourth-order valence-corrected chi connectivity index (χ4v) is 9.16. The van der Waals surface area contributed by atoms with E-state index in [1.165, 1.54) is 0 Å². The van der Waals surface area contributed by atoms with E-state index in [1.807, 2.05) is 43.7 Å². The molecule has 0 bridgehead atoms. The molecule has 0 aliphatic carbocycles. The van der Waals surface area contributed by atoms with Gasteiger partial charge in [-0.15, -0.1) is 0 Å². The van der Waals surface area contributed by atoms with E-state index in [0.29, 0.717) is 37.6 Å². The molecule has 2 aliphatic heterocycles. The summed E-state index contributed by atoms with van der Waals surface area (Å²) in [6, 6.07) is 15.2. The summed E-state index contributed by atoms with van der Waals surface area (Å²) in [5.41, 5.74) is 4.97. The first kappa shape index (κ1) is 41.1. The van der Waals surface area contributed by atoms with E-state index in [1.54, 1.807) is 22.2 Å². The number of fused-ring (bicyclic) bond motifs is 1. The summed E-state index contributed by atoms with van der Waals surface area (Å²) in [6.45, 7) is 20.8. The Morgan fingerprint density at radius 3 is 2.31 bits per heavy atom. The van der Waals surface area contributed by atoms with Crippen molar-refractivity contribution in [2.75, 3.05) is 19.7 Å². The number of carbonyl (C=O) groups excluding carboxylic acids is 1. The molecule has 0 saturated carbocycles. The highest BCUT2D eigenvalue weighted by atomic mass is 28.3. The second kappa shape index (κ2) is 15.6. The van der Waals surface area contributed by atoms with Crippen LogP contribution >= 0.6 is 0 Å². The van der Waals surface area contributed by atoms with Gasteiger partial charge in [-0.05, 0) is 86.7 Å². The van der Waals surface area contributed by atoms with Crippen LogP contribution in [-0.4, -0.2) is 90.0 Å². The second-order valence-electron chi connectivity index (χ2n) is 18.9. The topological polar surface area (TPSA) is 152 Å². The molecule has 0 unspecified atom stereocenters. The Hall–Kier alpha value is -5.08. The first-order chi connectivity index (χ1) is 27.3. The number of rotatable bonds is 10. The van der Waals surface area contributed by atoms with Gasteiger partial charge in [-0.3, -0.25) is 14.8 Å². The van der Waals surface area contributed by atoms with Crippen LogP contribution in [0.4, 0.5) is 9.59 Å². The van der Waals surface area contributed by atoms with Crippen LogP contribution in [0.5, 0.6) is 0 Å². The Kier molecular flexibility index (Phi) is 11.0. The molecule has 0 radical (unpaired) electrons. The maximum atomic E-state index is 12.9. The van der Waals surface area contributed by atoms with Crippen LogP contribution < -0.4 is 0 Å². The van der Waals surface area contributed by atoms with Gasteiger partial charge in [-0.2, -0.15) is 0 Å². The molecule has 5 heterocycles. The third-order valence-electron chi connectivity index (χ3n) is 11.4. The summed E-state index contributed by atoms with van der Waals surface area (Å²) in [5, 5.41) is 10.4. The van der Waals surface area contributed by atoms with Crippen molar-refractivity contribution in [3.63, 3.8) is 0 Å². The molecule has 2 aliphatic rings. The lowest BCUT2D eigenvalue weighted by Crippen LogP contribution is -2.54. The van der Waals surface area contributed by atoms with Crippen molar-refractivity contribution in [1.29, 1.82) is 0 Å². The molecule has 2 N–H and O–H groups in total. The number of ether oxygens (including phenoxy) is 2. The zero-order chi connectivity index (χ0) is 41.6. The van der Waals surface area contributed by atoms with Crippen molar-refractivity contribution >= 4 is 31.3 Å². The lowest BCUT2D eigenvalue weighted by Gasteiger charge is -2.46. The predicted molar refractivity (Wildman–Crippen MR) is 228 cm³/mol. The van der Waals surface area contributed by atoms with Gasteiger partial charge in [0.15, 0.2) is 0 Å². The number of aromatic amines is 1. The van der Waals surface area contributed by atoms with E-state index in [2.05, 4.69) is 80.7 Å². The molecule has 2 fully saturated rings. The lowest BCUT2D eigenvalue weighted by molar-refractivity contribution is 0.00956. The molecule has 58 heavy (non-hydrogen) atoms. The minimum Gasteiger partial charge on any atom is -0.465 e. The Morgan fingerprint density at radius 1 is 0.897 bits per heavy atom. The number of aromatic nitrogens is 6. The van der Waals surface area contributed by atoms with Crippen LogP contribution in [0.3, 0.4) is 0 Å². The fraction of sp³-hybridized carbons (Fsp3) is 0.500. The van der Waals surface area contributed by atoms with Gasteiger partial charge < -0.3 is 24.1 Å². The van der Waals surface area contributed by atoms with Gasteiger partial charge in [0.2, 0.25) is 0 Å². The summed E-state index contributed by atoms with van der Waals surface area (Å²) in [5.74, 6) is 1.44. The fourth-order valence-electron chi connectivity index (χ4n) is 8.40. The Balaban J connectivity index is 1.14. The van der Waals surface area contributed by atoms with Crippen molar-refractivity contribution < 1.29 is 24.2 Å². The quantitative estimate of drug-likeness (QED) is 0.104. The number of nitrogens with one attached hydrogen (secondary N) is 1. The first-order valence-electron chi connectivity index (χ1n) is 20.4. The van der Waals surface area contributed by atoms with Crippen LogP contribution in [0, 0.1) is 5.41 Å². The molecule has 2 saturated heterocycles. The van der Waals surface area contributed by atoms with E-state index >= 15 is 0 Å². The second-order valence-corrected chi connectivity index (χ2v) is 24.6. The summed E-state index contributed by atoms with van der Waals surface area (Å²) >= 11 is 0. The van der Waals surface area contributed by atoms with Crippen LogP contribution in [0.1, 0.15) is 84.9 Å². The molecule has 5 aromatic rings. The Morgan fingerprint density at radius 2 is 1.62 bits per heavy atom. The van der Waals surface area contributed by atoms with Gasteiger partial charge in [0.25, 0.3) is 0 Å². The molecular formula is C44H58N8O5Si. The minimum atomic E-state index is -1.34. The van der Waals surface area contributed by atoms with E-state index in [0.717, 1.165) is 70.2 Å². The number of hydrogen-bond donors (Lipinski definition) is 2. The zero-order valence-corrected chi connectivity index (χ0v) is 36.4. The largest absolute Gasteiger partial charge is 0.465 e. The number of carboxylic acid groups (broad SMARTS) is 1. The summed E-state index contributed by atoms with van der Waals surface area (Å²) < 4.78 is 14.0. The van der Waals surface area contributed by atoms with Gasteiger partial charge in [0, 0.05) is 27.8 Å². The molecule has 0 spiro atoms. The maximum absolute atomic E-state index is 12.9. The number of hydrogen-bond acceptors (Lipinski definition) is 8. The maximum Gasteiger partial charge on any atom is 0.410 e. The highest BCUT2D eigenvalue weighted by Crippen LogP contribution is 2.51.